The molecule has 0 atom stereocenters. The highest BCUT2D eigenvalue weighted by Gasteiger charge is 2.04. The van der Waals surface area contributed by atoms with Crippen LogP contribution in [-0.2, 0) is 13.1 Å². The van der Waals surface area contributed by atoms with Gasteiger partial charge in [0.2, 0.25) is 0 Å². The molecule has 0 bridgehead atoms. The Morgan fingerprint density at radius 1 is 0.920 bits per heavy atom. The molecule has 0 radical (unpaired) electrons. The van der Waals surface area contributed by atoms with Crippen LogP contribution < -0.4 is 10.6 Å². The first-order chi connectivity index (χ1) is 12.1. The zero-order valence-electron chi connectivity index (χ0n) is 13.8. The summed E-state index contributed by atoms with van der Waals surface area (Å²) in [6.07, 6.45) is 0. The van der Waals surface area contributed by atoms with Crippen molar-refractivity contribution in [2.45, 2.75) is 20.0 Å². The van der Waals surface area contributed by atoms with E-state index in [2.05, 4.69) is 20.6 Å². The predicted molar refractivity (Wildman–Crippen MR) is 99.3 cm³/mol. The molecule has 0 aliphatic heterocycles. The van der Waals surface area contributed by atoms with E-state index < -0.39 is 0 Å². The lowest BCUT2D eigenvalue weighted by molar-refractivity contribution is 0.613. The van der Waals surface area contributed by atoms with Crippen LogP contribution >= 0.6 is 11.6 Å². The number of nitrogens with zero attached hydrogens (tertiary/aromatic N) is 2. The van der Waals surface area contributed by atoms with Crippen molar-refractivity contribution >= 4 is 23.2 Å². The van der Waals surface area contributed by atoms with Crippen molar-refractivity contribution in [3.8, 4) is 0 Å². The van der Waals surface area contributed by atoms with Crippen molar-refractivity contribution in [1.82, 2.24) is 9.97 Å². The van der Waals surface area contributed by atoms with E-state index in [1.165, 1.54) is 6.07 Å². The standard InChI is InChI=1S/C19H18ClFN4/c1-13-24-18(22-11-14-6-8-16(20)9-7-14)10-19(25-13)23-12-15-4-2-3-5-17(15)21/h2-10H,11-12H2,1H3,(H2,22,23,24,25). The summed E-state index contributed by atoms with van der Waals surface area (Å²) in [6.45, 7) is 2.81. The fourth-order valence-electron chi connectivity index (χ4n) is 2.37. The van der Waals surface area contributed by atoms with Crippen molar-refractivity contribution in [2.75, 3.05) is 10.6 Å². The van der Waals surface area contributed by atoms with Crippen LogP contribution in [0.4, 0.5) is 16.0 Å². The van der Waals surface area contributed by atoms with Gasteiger partial charge in [0.15, 0.2) is 0 Å². The summed E-state index contributed by atoms with van der Waals surface area (Å²) in [4.78, 5) is 8.72. The normalized spacial score (nSPS) is 10.5. The average molecular weight is 357 g/mol. The minimum absolute atomic E-state index is 0.234. The summed E-state index contributed by atoms with van der Waals surface area (Å²) in [7, 11) is 0. The Kier molecular flexibility index (Phi) is 5.46. The van der Waals surface area contributed by atoms with E-state index in [0.29, 0.717) is 41.1 Å². The Labute approximate surface area is 151 Å². The molecule has 0 aliphatic carbocycles. The van der Waals surface area contributed by atoms with Crippen molar-refractivity contribution < 1.29 is 4.39 Å². The maximum absolute atomic E-state index is 13.7. The zero-order valence-corrected chi connectivity index (χ0v) is 14.5. The third kappa shape index (κ3) is 4.90. The lowest BCUT2D eigenvalue weighted by Gasteiger charge is -2.11. The largest absolute Gasteiger partial charge is 0.366 e. The molecule has 0 fully saturated rings. The van der Waals surface area contributed by atoms with Gasteiger partial charge in [0, 0.05) is 29.7 Å². The van der Waals surface area contributed by atoms with Gasteiger partial charge in [0.25, 0.3) is 0 Å². The van der Waals surface area contributed by atoms with Gasteiger partial charge < -0.3 is 10.6 Å². The highest BCUT2D eigenvalue weighted by molar-refractivity contribution is 6.30. The van der Waals surface area contributed by atoms with Crippen LogP contribution in [0.3, 0.4) is 0 Å². The summed E-state index contributed by atoms with van der Waals surface area (Å²) >= 11 is 5.89. The van der Waals surface area contributed by atoms with Gasteiger partial charge in [-0.2, -0.15) is 0 Å². The molecule has 0 aliphatic rings. The van der Waals surface area contributed by atoms with Crippen molar-refractivity contribution in [3.05, 3.63) is 82.4 Å². The second kappa shape index (κ2) is 7.94. The van der Waals surface area contributed by atoms with Gasteiger partial charge in [0.1, 0.15) is 23.3 Å². The number of nitrogens with one attached hydrogen (secondary N) is 2. The van der Waals surface area contributed by atoms with Crippen LogP contribution in [0.2, 0.25) is 5.02 Å². The summed E-state index contributed by atoms with van der Waals surface area (Å²) in [5.74, 6) is 1.76. The molecule has 3 aromatic rings. The molecule has 0 saturated carbocycles. The van der Waals surface area contributed by atoms with Crippen LogP contribution in [0.5, 0.6) is 0 Å². The van der Waals surface area contributed by atoms with E-state index in [4.69, 9.17) is 11.6 Å². The third-order valence-electron chi connectivity index (χ3n) is 3.64. The number of aryl methyl sites for hydroxylation is 1. The van der Waals surface area contributed by atoms with Crippen LogP contribution in [0, 0.1) is 12.7 Å². The maximum Gasteiger partial charge on any atom is 0.132 e. The molecule has 0 spiro atoms. The Morgan fingerprint density at radius 2 is 1.56 bits per heavy atom. The number of benzene rings is 2. The molecular formula is C19H18ClFN4. The summed E-state index contributed by atoms with van der Waals surface area (Å²) in [5.41, 5.74) is 1.69. The fraction of sp³-hybridized carbons (Fsp3) is 0.158. The minimum Gasteiger partial charge on any atom is -0.366 e. The molecule has 0 saturated heterocycles. The highest BCUT2D eigenvalue weighted by Crippen LogP contribution is 2.15. The van der Waals surface area contributed by atoms with E-state index in [1.807, 2.05) is 43.3 Å². The monoisotopic (exact) mass is 356 g/mol. The van der Waals surface area contributed by atoms with Crippen LogP contribution in [0.1, 0.15) is 17.0 Å². The molecule has 0 amide bonds. The van der Waals surface area contributed by atoms with Gasteiger partial charge in [-0.05, 0) is 30.7 Å². The van der Waals surface area contributed by atoms with Crippen molar-refractivity contribution in [2.24, 2.45) is 0 Å². The van der Waals surface area contributed by atoms with E-state index in [9.17, 15) is 4.39 Å². The summed E-state index contributed by atoms with van der Waals surface area (Å²) in [6, 6.07) is 16.1. The molecule has 2 aromatic carbocycles. The summed E-state index contributed by atoms with van der Waals surface area (Å²) < 4.78 is 13.7. The first-order valence-electron chi connectivity index (χ1n) is 7.91. The van der Waals surface area contributed by atoms with E-state index >= 15 is 0 Å². The smallest absolute Gasteiger partial charge is 0.132 e. The average Bonchev–Trinajstić information content (AvgIpc) is 2.60. The molecule has 4 nitrogen and oxygen atoms in total. The van der Waals surface area contributed by atoms with Crippen LogP contribution in [0.15, 0.2) is 54.6 Å². The van der Waals surface area contributed by atoms with Gasteiger partial charge in [0.05, 0.1) is 0 Å². The van der Waals surface area contributed by atoms with E-state index in [-0.39, 0.29) is 5.82 Å². The van der Waals surface area contributed by atoms with Gasteiger partial charge >= 0.3 is 0 Å². The Hall–Kier alpha value is -2.66. The number of halogens is 2. The first-order valence-corrected chi connectivity index (χ1v) is 8.29. The van der Waals surface area contributed by atoms with Gasteiger partial charge in [-0.3, -0.25) is 0 Å². The molecule has 1 aromatic heterocycles. The van der Waals surface area contributed by atoms with E-state index in [1.54, 1.807) is 12.1 Å². The number of anilines is 2. The third-order valence-corrected chi connectivity index (χ3v) is 3.89. The molecule has 25 heavy (non-hydrogen) atoms. The van der Waals surface area contributed by atoms with Gasteiger partial charge in [-0.15, -0.1) is 0 Å². The second-order valence-electron chi connectivity index (χ2n) is 5.61. The van der Waals surface area contributed by atoms with E-state index in [0.717, 1.165) is 5.56 Å². The first kappa shape index (κ1) is 17.2. The SMILES string of the molecule is Cc1nc(NCc2ccc(Cl)cc2)cc(NCc2ccccc2F)n1. The molecule has 6 heteroatoms. The highest BCUT2D eigenvalue weighted by atomic mass is 35.5. The number of rotatable bonds is 6. The Bertz CT molecular complexity index is 852. The van der Waals surface area contributed by atoms with Gasteiger partial charge in [-0.1, -0.05) is 41.9 Å². The summed E-state index contributed by atoms with van der Waals surface area (Å²) in [5, 5.41) is 7.11. The van der Waals surface area contributed by atoms with Gasteiger partial charge in [-0.25, -0.2) is 14.4 Å². The van der Waals surface area contributed by atoms with Crippen molar-refractivity contribution in [1.29, 1.82) is 0 Å². The second-order valence-corrected chi connectivity index (χ2v) is 6.05. The quantitative estimate of drug-likeness (QED) is 0.666. The zero-order chi connectivity index (χ0) is 17.6. The lowest BCUT2D eigenvalue weighted by atomic mass is 10.2. The molecule has 3 rings (SSSR count). The number of aromatic nitrogens is 2. The topological polar surface area (TPSA) is 49.8 Å². The molecule has 1 heterocycles. The van der Waals surface area contributed by atoms with Crippen LogP contribution in [0.25, 0.3) is 0 Å². The minimum atomic E-state index is -0.234. The van der Waals surface area contributed by atoms with Crippen LogP contribution in [-0.4, -0.2) is 9.97 Å². The number of hydrogen-bond donors (Lipinski definition) is 2. The van der Waals surface area contributed by atoms with Crippen molar-refractivity contribution in [3.63, 3.8) is 0 Å². The number of hydrogen-bond acceptors (Lipinski definition) is 4. The Balaban J connectivity index is 1.65. The molecular weight excluding hydrogens is 339 g/mol. The lowest BCUT2D eigenvalue weighted by Crippen LogP contribution is -2.07. The molecule has 128 valence electrons. The predicted octanol–water partition coefficient (Wildman–Crippen LogP) is 4.80. The molecule has 0 unspecified atom stereocenters. The Morgan fingerprint density at radius 3 is 2.24 bits per heavy atom. The molecule has 2 N–H and O–H groups in total. The fourth-order valence-corrected chi connectivity index (χ4v) is 2.50. The maximum atomic E-state index is 13.7.